The highest BCUT2D eigenvalue weighted by molar-refractivity contribution is 5.71. The smallest absolute Gasteiger partial charge is 0.306 e. The van der Waals surface area contributed by atoms with Crippen molar-refractivity contribution in [2.45, 2.75) is 335 Å². The van der Waals surface area contributed by atoms with E-state index in [1.165, 1.54) is 212 Å². The number of carbonyl (C=O) groups is 3. The van der Waals surface area contributed by atoms with Crippen LogP contribution < -0.4 is 0 Å². The Hall–Kier alpha value is -2.63. The zero-order valence-corrected chi connectivity index (χ0v) is 47.5. The van der Waals surface area contributed by atoms with Crippen molar-refractivity contribution >= 4 is 17.9 Å². The molecule has 6 heteroatoms. The van der Waals surface area contributed by atoms with Crippen molar-refractivity contribution in [3.8, 4) is 0 Å². The third kappa shape index (κ3) is 58.1. The molecule has 0 bridgehead atoms. The van der Waals surface area contributed by atoms with Gasteiger partial charge in [0.25, 0.3) is 0 Å². The maximum atomic E-state index is 12.8. The quantitative estimate of drug-likeness (QED) is 0.0261. The molecule has 0 fully saturated rings. The van der Waals surface area contributed by atoms with Gasteiger partial charge in [0, 0.05) is 19.3 Å². The molecule has 6 nitrogen and oxygen atoms in total. The van der Waals surface area contributed by atoms with Gasteiger partial charge in [-0.25, -0.2) is 0 Å². The average molecular weight is 996 g/mol. The first kappa shape index (κ1) is 68.4. The van der Waals surface area contributed by atoms with Crippen LogP contribution in [0.4, 0.5) is 0 Å². The second kappa shape index (κ2) is 59.9. The minimum Gasteiger partial charge on any atom is -0.462 e. The average Bonchev–Trinajstić information content (AvgIpc) is 3.37. The molecule has 0 saturated carbocycles. The van der Waals surface area contributed by atoms with Gasteiger partial charge in [0.1, 0.15) is 13.2 Å². The summed E-state index contributed by atoms with van der Waals surface area (Å²) >= 11 is 0. The van der Waals surface area contributed by atoms with Gasteiger partial charge in [0.05, 0.1) is 0 Å². The normalized spacial score (nSPS) is 12.3. The molecule has 0 saturated heterocycles. The Bertz CT molecular complexity index is 1230. The van der Waals surface area contributed by atoms with Gasteiger partial charge in [-0.15, -0.1) is 0 Å². The topological polar surface area (TPSA) is 78.9 Å². The van der Waals surface area contributed by atoms with Gasteiger partial charge in [-0.1, -0.05) is 275 Å². The summed E-state index contributed by atoms with van der Waals surface area (Å²) in [5, 5.41) is 0. The molecule has 71 heavy (non-hydrogen) atoms. The van der Waals surface area contributed by atoms with E-state index in [2.05, 4.69) is 69.4 Å². The lowest BCUT2D eigenvalue weighted by Gasteiger charge is -2.18. The molecule has 0 N–H and O–H groups in total. The van der Waals surface area contributed by atoms with E-state index in [1.807, 2.05) is 0 Å². The first-order chi connectivity index (χ1) is 35.0. The summed E-state index contributed by atoms with van der Waals surface area (Å²) in [6, 6.07) is 0. The number of unbranched alkanes of at least 4 members (excludes halogenated alkanes) is 38. The first-order valence-electron chi connectivity index (χ1n) is 31.1. The number of rotatable bonds is 57. The first-order valence-corrected chi connectivity index (χ1v) is 31.1. The molecule has 1 unspecified atom stereocenters. The van der Waals surface area contributed by atoms with Gasteiger partial charge in [-0.05, 0) is 83.5 Å². The Labute approximate surface area is 441 Å². The molecule has 414 valence electrons. The highest BCUT2D eigenvalue weighted by Crippen LogP contribution is 2.17. The van der Waals surface area contributed by atoms with E-state index < -0.39 is 6.10 Å². The van der Waals surface area contributed by atoms with E-state index in [-0.39, 0.29) is 31.1 Å². The number of hydrogen-bond acceptors (Lipinski definition) is 6. The van der Waals surface area contributed by atoms with E-state index in [4.69, 9.17) is 14.2 Å². The molecule has 0 radical (unpaired) electrons. The van der Waals surface area contributed by atoms with E-state index in [9.17, 15) is 14.4 Å². The van der Waals surface area contributed by atoms with Crippen LogP contribution in [0.15, 0.2) is 48.6 Å². The molecule has 1 atom stereocenters. The third-order valence-corrected chi connectivity index (χ3v) is 13.8. The Morgan fingerprint density at radius 1 is 0.282 bits per heavy atom. The van der Waals surface area contributed by atoms with Crippen LogP contribution in [-0.4, -0.2) is 37.2 Å². The van der Waals surface area contributed by atoms with Gasteiger partial charge < -0.3 is 14.2 Å². The Kier molecular flexibility index (Phi) is 57.7. The molecule has 0 aromatic carbocycles. The van der Waals surface area contributed by atoms with Crippen molar-refractivity contribution in [1.29, 1.82) is 0 Å². The van der Waals surface area contributed by atoms with Crippen molar-refractivity contribution in [2.24, 2.45) is 0 Å². The van der Waals surface area contributed by atoms with E-state index in [0.29, 0.717) is 19.3 Å². The van der Waals surface area contributed by atoms with Crippen molar-refractivity contribution in [1.82, 2.24) is 0 Å². The maximum absolute atomic E-state index is 12.8. The Morgan fingerprint density at radius 2 is 0.507 bits per heavy atom. The summed E-state index contributed by atoms with van der Waals surface area (Å²) in [5.41, 5.74) is 0. The van der Waals surface area contributed by atoms with E-state index in [0.717, 1.165) is 77.0 Å². The van der Waals surface area contributed by atoms with Crippen LogP contribution in [0.1, 0.15) is 329 Å². The molecular formula is C65H118O6. The van der Waals surface area contributed by atoms with Crippen molar-refractivity contribution < 1.29 is 28.6 Å². The number of ether oxygens (including phenoxy) is 3. The largest absolute Gasteiger partial charge is 0.462 e. The lowest BCUT2D eigenvalue weighted by atomic mass is 10.0. The van der Waals surface area contributed by atoms with Crippen LogP contribution in [0.25, 0.3) is 0 Å². The fourth-order valence-corrected chi connectivity index (χ4v) is 9.09. The maximum Gasteiger partial charge on any atom is 0.306 e. The second-order valence-electron chi connectivity index (χ2n) is 21.0. The molecule has 0 aliphatic carbocycles. The summed E-state index contributed by atoms with van der Waals surface area (Å²) in [6.07, 6.45) is 74.1. The van der Waals surface area contributed by atoms with Crippen molar-refractivity contribution in [2.75, 3.05) is 13.2 Å². The van der Waals surface area contributed by atoms with Crippen LogP contribution >= 0.6 is 0 Å². The zero-order chi connectivity index (χ0) is 51.4. The third-order valence-electron chi connectivity index (χ3n) is 13.8. The molecular weight excluding hydrogens is 877 g/mol. The predicted molar refractivity (Wildman–Crippen MR) is 307 cm³/mol. The SMILES string of the molecule is CCCCC/C=C\CCCCCCCC(=O)OC(COC(=O)CCCCCCCCCCCCCC)COC(=O)CCCCCCCCCCCCCCCC/C=C\C/C=C\C/C=C\CCCCCCC. The fraction of sp³-hybridized carbons (Fsp3) is 0.831. The lowest BCUT2D eigenvalue weighted by molar-refractivity contribution is -0.167. The molecule has 0 spiro atoms. The van der Waals surface area contributed by atoms with Crippen LogP contribution in [0.3, 0.4) is 0 Å². The molecule has 0 rings (SSSR count). The molecule has 0 aromatic heterocycles. The van der Waals surface area contributed by atoms with Crippen LogP contribution in [0, 0.1) is 0 Å². The Balaban J connectivity index is 4.13. The summed E-state index contributed by atoms with van der Waals surface area (Å²) in [6.45, 7) is 6.63. The number of esters is 3. The van der Waals surface area contributed by atoms with Gasteiger partial charge in [0.15, 0.2) is 6.10 Å². The monoisotopic (exact) mass is 995 g/mol. The van der Waals surface area contributed by atoms with Gasteiger partial charge in [0.2, 0.25) is 0 Å². The number of carbonyl (C=O) groups excluding carboxylic acids is 3. The standard InChI is InChI=1S/C65H118O6/c1-4-7-10-13-16-19-22-25-26-27-28-29-30-31-32-33-34-35-36-37-38-39-40-41-44-46-49-52-55-58-64(67)70-61-62(71-65(68)59-56-53-50-47-43-24-21-18-15-12-9-6-3)60-69-63(66)57-54-51-48-45-42-23-20-17-14-11-8-5-2/h18,21-22,25,27-28,30-31,62H,4-17,19-20,23-24,26,29,32-61H2,1-3H3/b21-18-,25-22-,28-27-,31-30-. The second-order valence-corrected chi connectivity index (χ2v) is 21.0. The van der Waals surface area contributed by atoms with Crippen LogP contribution in [0.5, 0.6) is 0 Å². The number of hydrogen-bond donors (Lipinski definition) is 0. The van der Waals surface area contributed by atoms with Gasteiger partial charge >= 0.3 is 17.9 Å². The van der Waals surface area contributed by atoms with Crippen molar-refractivity contribution in [3.63, 3.8) is 0 Å². The minimum absolute atomic E-state index is 0.0725. The van der Waals surface area contributed by atoms with Gasteiger partial charge in [-0.3, -0.25) is 14.4 Å². The van der Waals surface area contributed by atoms with E-state index >= 15 is 0 Å². The summed E-state index contributed by atoms with van der Waals surface area (Å²) < 4.78 is 16.9. The predicted octanol–water partition coefficient (Wildman–Crippen LogP) is 21.0. The molecule has 0 aliphatic rings. The van der Waals surface area contributed by atoms with Crippen LogP contribution in [0.2, 0.25) is 0 Å². The summed E-state index contributed by atoms with van der Waals surface area (Å²) in [7, 11) is 0. The molecule has 0 amide bonds. The summed E-state index contributed by atoms with van der Waals surface area (Å²) in [5.74, 6) is -0.867. The molecule has 0 aromatic rings. The minimum atomic E-state index is -0.774. The molecule has 0 aliphatic heterocycles. The highest BCUT2D eigenvalue weighted by atomic mass is 16.6. The highest BCUT2D eigenvalue weighted by Gasteiger charge is 2.19. The van der Waals surface area contributed by atoms with Crippen LogP contribution in [-0.2, 0) is 28.6 Å². The zero-order valence-electron chi connectivity index (χ0n) is 47.5. The Morgan fingerprint density at radius 3 is 0.831 bits per heavy atom. The fourth-order valence-electron chi connectivity index (χ4n) is 9.09. The number of allylic oxidation sites excluding steroid dienone is 8. The lowest BCUT2D eigenvalue weighted by Crippen LogP contribution is -2.30. The van der Waals surface area contributed by atoms with Crippen molar-refractivity contribution in [3.05, 3.63) is 48.6 Å². The summed E-state index contributed by atoms with van der Waals surface area (Å²) in [4.78, 5) is 38.1. The van der Waals surface area contributed by atoms with E-state index in [1.54, 1.807) is 0 Å². The molecule has 0 heterocycles. The van der Waals surface area contributed by atoms with Gasteiger partial charge in [-0.2, -0.15) is 0 Å².